The number of aromatic nitrogens is 2. The fraction of sp³-hybridized carbons (Fsp3) is 0.750. The molecule has 1 aromatic heterocycles. The number of nitrogens with one attached hydrogen (secondary N) is 1. The molecule has 1 aliphatic rings. The third-order valence-electron chi connectivity index (χ3n) is 2.43. The minimum Gasteiger partial charge on any atom is -0.396 e. The standard InChI is InChI=1S/C8H13N3O2.ClH/c1-5-10-8(13-11-5)7-3-9-2-6(7)4-12;/h6-7,9,12H,2-4H2,1H3;1H/t6-,7+;/m0./s1. The maximum atomic E-state index is 9.07. The smallest absolute Gasteiger partial charge is 0.231 e. The van der Waals surface area contributed by atoms with Crippen molar-refractivity contribution < 1.29 is 9.63 Å². The molecule has 0 aromatic carbocycles. The van der Waals surface area contributed by atoms with E-state index in [1.165, 1.54) is 0 Å². The SMILES string of the molecule is Cc1noc([C@@H]2CNC[C@H]2CO)n1.Cl. The van der Waals surface area contributed by atoms with Crippen LogP contribution in [0, 0.1) is 12.8 Å². The van der Waals surface area contributed by atoms with Gasteiger partial charge in [0.1, 0.15) is 0 Å². The van der Waals surface area contributed by atoms with Crippen LogP contribution in [0.15, 0.2) is 4.52 Å². The first-order valence-electron chi connectivity index (χ1n) is 4.43. The molecule has 0 amide bonds. The third kappa shape index (κ3) is 2.05. The van der Waals surface area contributed by atoms with Crippen molar-refractivity contribution in [2.45, 2.75) is 12.8 Å². The second-order valence-corrected chi connectivity index (χ2v) is 3.39. The van der Waals surface area contributed by atoms with Crippen LogP contribution in [0.4, 0.5) is 0 Å². The quantitative estimate of drug-likeness (QED) is 0.738. The number of aliphatic hydroxyl groups is 1. The van der Waals surface area contributed by atoms with Crippen molar-refractivity contribution in [3.8, 4) is 0 Å². The van der Waals surface area contributed by atoms with Crippen LogP contribution in [0.2, 0.25) is 0 Å². The van der Waals surface area contributed by atoms with Gasteiger partial charge in [-0.3, -0.25) is 0 Å². The third-order valence-corrected chi connectivity index (χ3v) is 2.43. The fourth-order valence-corrected chi connectivity index (χ4v) is 1.68. The summed E-state index contributed by atoms with van der Waals surface area (Å²) in [4.78, 5) is 4.16. The van der Waals surface area contributed by atoms with E-state index in [0.29, 0.717) is 11.7 Å². The number of hydrogen-bond donors (Lipinski definition) is 2. The van der Waals surface area contributed by atoms with Gasteiger partial charge in [0.25, 0.3) is 0 Å². The highest BCUT2D eigenvalue weighted by molar-refractivity contribution is 5.85. The molecule has 6 heteroatoms. The molecule has 1 aliphatic heterocycles. The lowest BCUT2D eigenvalue weighted by Crippen LogP contribution is -2.15. The highest BCUT2D eigenvalue weighted by Gasteiger charge is 2.31. The summed E-state index contributed by atoms with van der Waals surface area (Å²) in [6.45, 7) is 3.60. The summed E-state index contributed by atoms with van der Waals surface area (Å²) in [5.74, 6) is 1.67. The zero-order valence-electron chi connectivity index (χ0n) is 7.93. The number of aryl methyl sites for hydroxylation is 1. The molecule has 14 heavy (non-hydrogen) atoms. The lowest BCUT2D eigenvalue weighted by Gasteiger charge is -2.10. The molecule has 1 aromatic rings. The molecular weight excluding hydrogens is 206 g/mol. The summed E-state index contributed by atoms with van der Waals surface area (Å²) in [7, 11) is 0. The van der Waals surface area contributed by atoms with Gasteiger partial charge in [0.15, 0.2) is 5.82 Å². The number of nitrogens with zero attached hydrogens (tertiary/aromatic N) is 2. The Morgan fingerprint density at radius 2 is 2.36 bits per heavy atom. The van der Waals surface area contributed by atoms with Crippen LogP contribution < -0.4 is 5.32 Å². The summed E-state index contributed by atoms with van der Waals surface area (Å²) in [5.41, 5.74) is 0. The van der Waals surface area contributed by atoms with Crippen LogP contribution >= 0.6 is 12.4 Å². The van der Waals surface area contributed by atoms with Gasteiger partial charge in [-0.25, -0.2) is 0 Å². The van der Waals surface area contributed by atoms with Crippen molar-refractivity contribution >= 4 is 12.4 Å². The first-order chi connectivity index (χ1) is 6.31. The number of halogens is 1. The molecule has 1 fully saturated rings. The van der Waals surface area contributed by atoms with Crippen molar-refractivity contribution in [2.75, 3.05) is 19.7 Å². The van der Waals surface area contributed by atoms with Gasteiger partial charge in [-0.05, 0) is 6.92 Å². The van der Waals surface area contributed by atoms with E-state index < -0.39 is 0 Å². The topological polar surface area (TPSA) is 71.2 Å². The summed E-state index contributed by atoms with van der Waals surface area (Å²) >= 11 is 0. The van der Waals surface area contributed by atoms with E-state index in [4.69, 9.17) is 9.63 Å². The van der Waals surface area contributed by atoms with Gasteiger partial charge in [0, 0.05) is 25.6 Å². The summed E-state index contributed by atoms with van der Waals surface area (Å²) in [6, 6.07) is 0. The average Bonchev–Trinajstić information content (AvgIpc) is 2.71. The Morgan fingerprint density at radius 1 is 1.57 bits per heavy atom. The predicted molar refractivity (Wildman–Crippen MR) is 52.5 cm³/mol. The second kappa shape index (κ2) is 4.72. The second-order valence-electron chi connectivity index (χ2n) is 3.39. The molecule has 2 heterocycles. The molecule has 2 atom stereocenters. The van der Waals surface area contributed by atoms with Crippen LogP contribution in [0.1, 0.15) is 17.6 Å². The van der Waals surface area contributed by atoms with Crippen LogP contribution in [0.25, 0.3) is 0 Å². The van der Waals surface area contributed by atoms with Gasteiger partial charge in [0.05, 0.1) is 5.92 Å². The Morgan fingerprint density at radius 3 is 2.93 bits per heavy atom. The highest BCUT2D eigenvalue weighted by atomic mass is 35.5. The van der Waals surface area contributed by atoms with E-state index in [0.717, 1.165) is 13.1 Å². The van der Waals surface area contributed by atoms with E-state index in [1.807, 2.05) is 0 Å². The zero-order chi connectivity index (χ0) is 9.26. The highest BCUT2D eigenvalue weighted by Crippen LogP contribution is 2.25. The van der Waals surface area contributed by atoms with Crippen molar-refractivity contribution in [2.24, 2.45) is 5.92 Å². The predicted octanol–water partition coefficient (Wildman–Crippen LogP) is 0.0951. The summed E-state index contributed by atoms with van der Waals surface area (Å²) < 4.78 is 5.07. The van der Waals surface area contributed by atoms with E-state index >= 15 is 0 Å². The van der Waals surface area contributed by atoms with Crippen molar-refractivity contribution in [1.29, 1.82) is 0 Å². The normalized spacial score (nSPS) is 26.1. The monoisotopic (exact) mass is 219 g/mol. The Hall–Kier alpha value is -0.650. The van der Waals surface area contributed by atoms with Gasteiger partial charge in [-0.1, -0.05) is 5.16 Å². The number of hydrogen-bond acceptors (Lipinski definition) is 5. The minimum absolute atomic E-state index is 0. The van der Waals surface area contributed by atoms with Crippen molar-refractivity contribution in [1.82, 2.24) is 15.5 Å². The zero-order valence-corrected chi connectivity index (χ0v) is 8.75. The molecule has 1 saturated heterocycles. The molecule has 80 valence electrons. The van der Waals surface area contributed by atoms with Crippen LogP contribution in [0.3, 0.4) is 0 Å². The maximum absolute atomic E-state index is 9.07. The molecular formula is C8H14ClN3O2. The molecule has 2 N–H and O–H groups in total. The molecule has 0 unspecified atom stereocenters. The average molecular weight is 220 g/mol. The van der Waals surface area contributed by atoms with Crippen LogP contribution in [-0.2, 0) is 0 Å². The molecule has 2 rings (SSSR count). The first kappa shape index (κ1) is 11.4. The van der Waals surface area contributed by atoms with Gasteiger partial charge in [-0.15, -0.1) is 12.4 Å². The van der Waals surface area contributed by atoms with E-state index in [1.54, 1.807) is 6.92 Å². The van der Waals surface area contributed by atoms with E-state index in [-0.39, 0.29) is 30.8 Å². The molecule has 0 bridgehead atoms. The Labute approximate surface area is 88.3 Å². The molecule has 0 aliphatic carbocycles. The van der Waals surface area contributed by atoms with Crippen LogP contribution in [0.5, 0.6) is 0 Å². The van der Waals surface area contributed by atoms with Gasteiger partial charge >= 0.3 is 0 Å². The minimum atomic E-state index is 0. The molecule has 0 spiro atoms. The Balaban J connectivity index is 0.000000980. The van der Waals surface area contributed by atoms with Crippen molar-refractivity contribution in [3.05, 3.63) is 11.7 Å². The van der Waals surface area contributed by atoms with Gasteiger partial charge in [0.2, 0.25) is 5.89 Å². The summed E-state index contributed by atoms with van der Waals surface area (Å²) in [5, 5.41) is 16.0. The van der Waals surface area contributed by atoms with Crippen molar-refractivity contribution in [3.63, 3.8) is 0 Å². The Bertz CT molecular complexity index is 292. The Kier molecular flexibility index (Phi) is 3.86. The first-order valence-corrected chi connectivity index (χ1v) is 4.43. The fourth-order valence-electron chi connectivity index (χ4n) is 1.68. The lowest BCUT2D eigenvalue weighted by molar-refractivity contribution is 0.211. The van der Waals surface area contributed by atoms with Gasteiger partial charge < -0.3 is 14.9 Å². The van der Waals surface area contributed by atoms with Crippen LogP contribution in [-0.4, -0.2) is 34.9 Å². The molecule has 0 radical (unpaired) electrons. The number of aliphatic hydroxyl groups excluding tert-OH is 1. The lowest BCUT2D eigenvalue weighted by atomic mass is 9.97. The van der Waals surface area contributed by atoms with Gasteiger partial charge in [-0.2, -0.15) is 4.98 Å². The maximum Gasteiger partial charge on any atom is 0.231 e. The largest absolute Gasteiger partial charge is 0.396 e. The summed E-state index contributed by atoms with van der Waals surface area (Å²) in [6.07, 6.45) is 0. The van der Waals surface area contributed by atoms with E-state index in [2.05, 4.69) is 15.5 Å². The van der Waals surface area contributed by atoms with E-state index in [9.17, 15) is 0 Å². The molecule has 5 nitrogen and oxygen atoms in total. The number of rotatable bonds is 2. The molecule has 0 saturated carbocycles.